The van der Waals surface area contributed by atoms with Gasteiger partial charge in [0, 0.05) is 37.3 Å². The summed E-state index contributed by atoms with van der Waals surface area (Å²) < 4.78 is 60.5. The van der Waals surface area contributed by atoms with Gasteiger partial charge in [0.15, 0.2) is 0 Å². The van der Waals surface area contributed by atoms with E-state index in [0.29, 0.717) is 44.1 Å². The Morgan fingerprint density at radius 1 is 1.00 bits per heavy atom. The van der Waals surface area contributed by atoms with Gasteiger partial charge in [0.2, 0.25) is 10.0 Å². The van der Waals surface area contributed by atoms with Crippen LogP contribution < -0.4 is 4.72 Å². The SMILES string of the molecule is Cc1nc2ccccc2n1C1C[C@H]2CC[C@@H](C1)N2CCC1(c2cccc(F)c2)CCN(C(=O)c2cc(S(=O)(=O)NC(C)C)c(Cl)cc2F)CC1. The Kier molecular flexibility index (Phi) is 9.56. The average Bonchev–Trinajstić information content (AvgIpc) is 3.53. The number of para-hydroxylation sites is 2. The first kappa shape index (κ1) is 35.0. The Hall–Kier alpha value is -3.38. The summed E-state index contributed by atoms with van der Waals surface area (Å²) in [6, 6.07) is 17.9. The van der Waals surface area contributed by atoms with Crippen LogP contribution in [0.15, 0.2) is 65.6 Å². The number of piperidine rings is 2. The van der Waals surface area contributed by atoms with Crippen molar-refractivity contribution in [2.24, 2.45) is 0 Å². The first-order chi connectivity index (χ1) is 23.8. The van der Waals surface area contributed by atoms with E-state index < -0.39 is 27.8 Å². The molecule has 50 heavy (non-hydrogen) atoms. The van der Waals surface area contributed by atoms with Crippen LogP contribution in [0.3, 0.4) is 0 Å². The highest BCUT2D eigenvalue weighted by atomic mass is 35.5. The number of carbonyl (C=O) groups is 1. The Balaban J connectivity index is 1.08. The van der Waals surface area contributed by atoms with Crippen molar-refractivity contribution in [2.45, 2.75) is 100 Å². The quantitative estimate of drug-likeness (QED) is 0.195. The lowest BCUT2D eigenvalue weighted by Gasteiger charge is -2.45. The van der Waals surface area contributed by atoms with E-state index >= 15 is 4.39 Å². The van der Waals surface area contributed by atoms with E-state index in [0.717, 1.165) is 67.7 Å². The van der Waals surface area contributed by atoms with Gasteiger partial charge in [0.05, 0.1) is 21.6 Å². The Labute approximate surface area is 297 Å². The van der Waals surface area contributed by atoms with Crippen molar-refractivity contribution < 1.29 is 22.0 Å². The number of likely N-dealkylation sites (tertiary alicyclic amines) is 1. The third kappa shape index (κ3) is 6.58. The fraction of sp³-hybridized carbons (Fsp3) is 0.474. The second-order valence-corrected chi connectivity index (χ2v) is 16.7. The van der Waals surface area contributed by atoms with E-state index in [-0.39, 0.29) is 26.7 Å². The highest BCUT2D eigenvalue weighted by molar-refractivity contribution is 7.89. The van der Waals surface area contributed by atoms with E-state index in [1.54, 1.807) is 30.9 Å². The Morgan fingerprint density at radius 3 is 2.38 bits per heavy atom. The van der Waals surface area contributed by atoms with Crippen molar-refractivity contribution >= 4 is 38.6 Å². The number of aryl methyl sites for hydroxylation is 1. The largest absolute Gasteiger partial charge is 0.338 e. The topological polar surface area (TPSA) is 87.5 Å². The number of carbonyl (C=O) groups excluding carboxylic acids is 1. The molecule has 4 aromatic rings. The Bertz CT molecular complexity index is 2010. The molecule has 7 rings (SSSR count). The van der Waals surface area contributed by atoms with Crippen molar-refractivity contribution in [1.29, 1.82) is 0 Å². The fourth-order valence-electron chi connectivity index (χ4n) is 8.87. The van der Waals surface area contributed by atoms with Gasteiger partial charge in [-0.15, -0.1) is 0 Å². The molecule has 0 radical (unpaired) electrons. The molecule has 2 bridgehead atoms. The molecule has 1 N–H and O–H groups in total. The standard InChI is InChI=1S/C38H44ClF2N5O3S/c1-24(2)43-50(48,49)36-22-31(33(41)23-32(36)39)37(47)44-16-13-38(14-17-44,26-7-6-8-27(40)19-26)15-18-45-28-11-12-29(45)21-30(20-28)46-25(3)42-34-9-4-5-10-35(34)46/h4-10,19,22-24,28-30,43H,11-18,20-21H2,1-3H3/t28-,29+,30?. The van der Waals surface area contributed by atoms with Gasteiger partial charge < -0.3 is 9.47 Å². The second kappa shape index (κ2) is 13.6. The molecule has 266 valence electrons. The van der Waals surface area contributed by atoms with E-state index in [1.165, 1.54) is 11.6 Å². The molecule has 0 aliphatic carbocycles. The molecule has 3 aliphatic rings. The zero-order valence-corrected chi connectivity index (χ0v) is 30.3. The van der Waals surface area contributed by atoms with Crippen LogP contribution in [-0.2, 0) is 15.4 Å². The maximum atomic E-state index is 15.2. The average molecular weight is 724 g/mol. The zero-order chi connectivity index (χ0) is 35.4. The van der Waals surface area contributed by atoms with E-state index in [1.807, 2.05) is 12.1 Å². The van der Waals surface area contributed by atoms with E-state index in [4.69, 9.17) is 16.6 Å². The molecule has 3 atom stereocenters. The first-order valence-electron chi connectivity index (χ1n) is 17.6. The molecule has 1 unspecified atom stereocenters. The van der Waals surface area contributed by atoms with Gasteiger partial charge in [-0.2, -0.15) is 0 Å². The number of benzene rings is 3. The van der Waals surface area contributed by atoms with Crippen molar-refractivity contribution in [1.82, 2.24) is 24.1 Å². The molecule has 1 amide bonds. The molecular formula is C38H44ClF2N5O3S. The van der Waals surface area contributed by atoms with Crippen LogP contribution in [0.25, 0.3) is 11.0 Å². The summed E-state index contributed by atoms with van der Waals surface area (Å²) in [6.45, 7) is 6.94. The molecule has 12 heteroatoms. The number of imidazole rings is 1. The summed E-state index contributed by atoms with van der Waals surface area (Å²) in [5, 5.41) is -0.289. The van der Waals surface area contributed by atoms with Crippen LogP contribution in [0.2, 0.25) is 5.02 Å². The summed E-state index contributed by atoms with van der Waals surface area (Å²) in [7, 11) is -4.07. The predicted molar refractivity (Wildman–Crippen MR) is 191 cm³/mol. The van der Waals surface area contributed by atoms with Crippen molar-refractivity contribution in [3.05, 3.63) is 94.3 Å². The first-order valence-corrected chi connectivity index (χ1v) is 19.5. The van der Waals surface area contributed by atoms with Crippen LogP contribution in [0.5, 0.6) is 0 Å². The van der Waals surface area contributed by atoms with Crippen molar-refractivity contribution in [3.8, 4) is 0 Å². The molecular weight excluding hydrogens is 680 g/mol. The maximum Gasteiger partial charge on any atom is 0.256 e. The minimum atomic E-state index is -4.07. The van der Waals surface area contributed by atoms with Crippen LogP contribution in [0, 0.1) is 18.6 Å². The van der Waals surface area contributed by atoms with Crippen LogP contribution in [0.1, 0.15) is 86.6 Å². The summed E-state index contributed by atoms with van der Waals surface area (Å²) in [6.07, 6.45) is 6.38. The third-order valence-corrected chi connectivity index (χ3v) is 13.3. The molecule has 3 aliphatic heterocycles. The number of nitrogens with zero attached hydrogens (tertiary/aromatic N) is 4. The minimum Gasteiger partial charge on any atom is -0.338 e. The third-order valence-electron chi connectivity index (χ3n) is 11.2. The molecule has 1 aromatic heterocycles. The van der Waals surface area contributed by atoms with Gasteiger partial charge in [0.1, 0.15) is 22.4 Å². The Morgan fingerprint density at radius 2 is 1.70 bits per heavy atom. The number of nitrogens with one attached hydrogen (secondary N) is 1. The maximum absolute atomic E-state index is 15.2. The lowest BCUT2D eigenvalue weighted by atomic mass is 9.70. The predicted octanol–water partition coefficient (Wildman–Crippen LogP) is 7.40. The van der Waals surface area contributed by atoms with Crippen LogP contribution in [0.4, 0.5) is 8.78 Å². The van der Waals surface area contributed by atoms with Gasteiger partial charge in [-0.3, -0.25) is 9.69 Å². The van der Waals surface area contributed by atoms with E-state index in [2.05, 4.69) is 39.3 Å². The summed E-state index contributed by atoms with van der Waals surface area (Å²) >= 11 is 6.14. The number of fused-ring (bicyclic) bond motifs is 3. The number of amides is 1. The lowest BCUT2D eigenvalue weighted by Crippen LogP contribution is -2.49. The number of hydrogen-bond donors (Lipinski definition) is 1. The molecule has 3 fully saturated rings. The number of hydrogen-bond acceptors (Lipinski definition) is 5. The summed E-state index contributed by atoms with van der Waals surface area (Å²) in [5.41, 5.74) is 2.43. The number of halogens is 3. The highest BCUT2D eigenvalue weighted by Gasteiger charge is 2.44. The molecule has 0 spiro atoms. The normalized spacial score (nSPS) is 22.5. The van der Waals surface area contributed by atoms with Crippen LogP contribution >= 0.6 is 11.6 Å². The fourth-order valence-corrected chi connectivity index (χ4v) is 10.7. The summed E-state index contributed by atoms with van der Waals surface area (Å²) in [4.78, 5) is 22.5. The van der Waals surface area contributed by atoms with Gasteiger partial charge >= 0.3 is 0 Å². The highest BCUT2D eigenvalue weighted by Crippen LogP contribution is 2.45. The molecule has 0 saturated carbocycles. The monoisotopic (exact) mass is 723 g/mol. The number of sulfonamides is 1. The molecule has 3 aromatic carbocycles. The van der Waals surface area contributed by atoms with Gasteiger partial charge in [-0.05, 0) is 120 Å². The molecule has 3 saturated heterocycles. The zero-order valence-electron chi connectivity index (χ0n) is 28.7. The number of aromatic nitrogens is 2. The van der Waals surface area contributed by atoms with Crippen molar-refractivity contribution in [2.75, 3.05) is 19.6 Å². The second-order valence-electron chi connectivity index (χ2n) is 14.6. The van der Waals surface area contributed by atoms with Gasteiger partial charge in [0.25, 0.3) is 5.91 Å². The van der Waals surface area contributed by atoms with Gasteiger partial charge in [-0.1, -0.05) is 35.9 Å². The smallest absolute Gasteiger partial charge is 0.256 e. The van der Waals surface area contributed by atoms with Crippen LogP contribution in [-0.4, -0.2) is 71.4 Å². The lowest BCUT2D eigenvalue weighted by molar-refractivity contribution is 0.0602. The molecule has 8 nitrogen and oxygen atoms in total. The van der Waals surface area contributed by atoms with Crippen molar-refractivity contribution in [3.63, 3.8) is 0 Å². The number of rotatable bonds is 9. The van der Waals surface area contributed by atoms with Gasteiger partial charge in [-0.25, -0.2) is 26.9 Å². The molecule has 4 heterocycles. The van der Waals surface area contributed by atoms with E-state index in [9.17, 15) is 17.6 Å². The minimum absolute atomic E-state index is 0.289. The summed E-state index contributed by atoms with van der Waals surface area (Å²) in [5.74, 6) is -0.700.